The number of pyridine rings is 1. The van der Waals surface area contributed by atoms with Crippen LogP contribution in [-0.2, 0) is 4.79 Å². The molecule has 1 aromatic heterocycles. The first-order chi connectivity index (χ1) is 17.6. The van der Waals surface area contributed by atoms with Gasteiger partial charge in [0, 0.05) is 35.6 Å². The third-order valence-corrected chi connectivity index (χ3v) is 7.36. The second kappa shape index (κ2) is 10.4. The number of anilines is 1. The Morgan fingerprint density at radius 3 is 2.59 bits per heavy atom. The first-order valence-electron chi connectivity index (χ1n) is 11.7. The van der Waals surface area contributed by atoms with E-state index in [-0.39, 0.29) is 11.7 Å². The van der Waals surface area contributed by atoms with E-state index in [0.717, 1.165) is 5.69 Å². The summed E-state index contributed by atoms with van der Waals surface area (Å²) >= 11 is 12.0. The van der Waals surface area contributed by atoms with E-state index in [2.05, 4.69) is 9.83 Å². The van der Waals surface area contributed by atoms with E-state index in [1.165, 1.54) is 11.0 Å². The number of nitrogens with zero attached hydrogens (tertiary/aromatic N) is 4. The molecule has 1 amide bonds. The summed E-state index contributed by atoms with van der Waals surface area (Å²) in [6, 6.07) is 11.7. The van der Waals surface area contributed by atoms with Crippen LogP contribution in [0.3, 0.4) is 0 Å². The molecule has 0 spiro atoms. The minimum atomic E-state index is -0.871. The SMILES string of the molecule is [C-]#[N+]c1ccc(N2C(=O)C(C)(C)N(CCCOc3ccc(-c4ccc(C)nc4)c(F)c3)C2=S)c(C)c1Cl. The van der Waals surface area contributed by atoms with Gasteiger partial charge in [0.15, 0.2) is 5.11 Å². The fourth-order valence-electron chi connectivity index (χ4n) is 4.27. The number of halogens is 2. The van der Waals surface area contributed by atoms with Gasteiger partial charge in [-0.1, -0.05) is 23.7 Å². The Bertz CT molecular complexity index is 1420. The van der Waals surface area contributed by atoms with E-state index in [0.29, 0.717) is 63.5 Å². The highest BCUT2D eigenvalue weighted by molar-refractivity contribution is 7.80. The van der Waals surface area contributed by atoms with E-state index in [9.17, 15) is 9.18 Å². The largest absolute Gasteiger partial charge is 0.493 e. The lowest BCUT2D eigenvalue weighted by atomic mass is 10.0. The maximum Gasteiger partial charge on any atom is 0.258 e. The van der Waals surface area contributed by atoms with Crippen molar-refractivity contribution in [2.24, 2.45) is 0 Å². The lowest BCUT2D eigenvalue weighted by molar-refractivity contribution is -0.123. The van der Waals surface area contributed by atoms with Crippen LogP contribution >= 0.6 is 23.8 Å². The lowest BCUT2D eigenvalue weighted by Gasteiger charge is -2.29. The summed E-state index contributed by atoms with van der Waals surface area (Å²) in [4.78, 5) is 24.3. The number of carbonyl (C=O) groups excluding carboxylic acids is 1. The molecule has 1 saturated heterocycles. The fourth-order valence-corrected chi connectivity index (χ4v) is 4.97. The van der Waals surface area contributed by atoms with E-state index >= 15 is 0 Å². The van der Waals surface area contributed by atoms with E-state index < -0.39 is 5.54 Å². The van der Waals surface area contributed by atoms with Crippen molar-refractivity contribution >= 4 is 46.2 Å². The molecule has 2 heterocycles. The predicted octanol–water partition coefficient (Wildman–Crippen LogP) is 6.89. The zero-order valence-electron chi connectivity index (χ0n) is 21.0. The topological polar surface area (TPSA) is 50.0 Å². The molecule has 3 aromatic rings. The molecule has 0 unspecified atom stereocenters. The number of aryl methyl sites for hydroxylation is 1. The van der Waals surface area contributed by atoms with E-state index in [1.807, 2.05) is 37.8 Å². The summed E-state index contributed by atoms with van der Waals surface area (Å²) in [7, 11) is 0. The molecule has 0 bridgehead atoms. The van der Waals surface area contributed by atoms with Crippen molar-refractivity contribution in [3.05, 3.63) is 82.2 Å². The van der Waals surface area contributed by atoms with E-state index in [4.69, 9.17) is 35.1 Å². The van der Waals surface area contributed by atoms with Crippen LogP contribution in [0.1, 0.15) is 31.5 Å². The van der Waals surface area contributed by atoms with Crippen molar-refractivity contribution in [2.45, 2.75) is 39.7 Å². The van der Waals surface area contributed by atoms with Crippen molar-refractivity contribution < 1.29 is 13.9 Å². The molecule has 6 nitrogen and oxygen atoms in total. The highest BCUT2D eigenvalue weighted by Crippen LogP contribution is 2.39. The summed E-state index contributed by atoms with van der Waals surface area (Å²) in [5, 5.41) is 0.677. The average molecular weight is 537 g/mol. The zero-order chi connectivity index (χ0) is 26.9. The summed E-state index contributed by atoms with van der Waals surface area (Å²) in [6.07, 6.45) is 2.21. The molecule has 0 atom stereocenters. The van der Waals surface area contributed by atoms with Crippen molar-refractivity contribution in [3.63, 3.8) is 0 Å². The maximum absolute atomic E-state index is 14.7. The van der Waals surface area contributed by atoms with Gasteiger partial charge in [-0.2, -0.15) is 0 Å². The van der Waals surface area contributed by atoms with Crippen molar-refractivity contribution in [2.75, 3.05) is 18.1 Å². The quantitative estimate of drug-likeness (QED) is 0.187. The number of ether oxygens (including phenoxy) is 1. The minimum absolute atomic E-state index is 0.170. The molecule has 4 rings (SSSR count). The maximum atomic E-state index is 14.7. The first kappa shape index (κ1) is 26.5. The number of hydrogen-bond donors (Lipinski definition) is 0. The molecule has 0 aliphatic carbocycles. The Balaban J connectivity index is 1.41. The van der Waals surface area contributed by atoms with Gasteiger partial charge in [-0.05, 0) is 76.2 Å². The summed E-state index contributed by atoms with van der Waals surface area (Å²) in [5.41, 5.74) is 2.68. The molecular weight excluding hydrogens is 511 g/mol. The van der Waals surface area contributed by atoms with Crippen LogP contribution in [0.15, 0.2) is 48.7 Å². The molecule has 37 heavy (non-hydrogen) atoms. The Labute approximate surface area is 226 Å². The number of thiocarbonyl (C=S) groups is 1. The normalized spacial score (nSPS) is 14.7. The molecular formula is C28H26ClFN4O2S. The Hall–Kier alpha value is -3.54. The second-order valence-corrected chi connectivity index (χ2v) is 10.1. The Morgan fingerprint density at radius 2 is 1.95 bits per heavy atom. The lowest BCUT2D eigenvalue weighted by Crippen LogP contribution is -2.44. The molecule has 1 aliphatic rings. The smallest absolute Gasteiger partial charge is 0.258 e. The van der Waals surface area contributed by atoms with Crippen LogP contribution in [0.2, 0.25) is 5.02 Å². The highest BCUT2D eigenvalue weighted by atomic mass is 35.5. The summed E-state index contributed by atoms with van der Waals surface area (Å²) in [5.74, 6) is -0.131. The third kappa shape index (κ3) is 5.02. The number of carbonyl (C=O) groups is 1. The van der Waals surface area contributed by atoms with Gasteiger partial charge in [0.2, 0.25) is 5.69 Å². The van der Waals surface area contributed by atoms with Gasteiger partial charge in [0.25, 0.3) is 5.91 Å². The van der Waals surface area contributed by atoms with E-state index in [1.54, 1.807) is 37.4 Å². The molecule has 0 N–H and O–H groups in total. The van der Waals surface area contributed by atoms with Crippen LogP contribution in [0.25, 0.3) is 16.0 Å². The summed E-state index contributed by atoms with van der Waals surface area (Å²) in [6.45, 7) is 15.3. The number of rotatable bonds is 7. The number of amides is 1. The first-order valence-corrected chi connectivity index (χ1v) is 12.5. The van der Waals surface area contributed by atoms with Crippen LogP contribution in [0, 0.1) is 26.2 Å². The molecule has 0 radical (unpaired) electrons. The zero-order valence-corrected chi connectivity index (χ0v) is 22.6. The molecule has 9 heteroatoms. The van der Waals surface area contributed by atoms with Gasteiger partial charge in [-0.15, -0.1) is 0 Å². The molecule has 1 fully saturated rings. The molecule has 2 aromatic carbocycles. The number of aromatic nitrogens is 1. The van der Waals surface area contributed by atoms with Gasteiger partial charge >= 0.3 is 0 Å². The predicted molar refractivity (Wildman–Crippen MR) is 148 cm³/mol. The molecule has 190 valence electrons. The molecule has 0 saturated carbocycles. The second-order valence-electron chi connectivity index (χ2n) is 9.32. The van der Waals surface area contributed by atoms with Crippen molar-refractivity contribution in [1.29, 1.82) is 0 Å². The van der Waals surface area contributed by atoms with Crippen molar-refractivity contribution in [3.8, 4) is 16.9 Å². The van der Waals surface area contributed by atoms with Gasteiger partial charge in [0.05, 0.1) is 23.9 Å². The number of benzene rings is 2. The van der Waals surface area contributed by atoms with Crippen LogP contribution in [0.5, 0.6) is 5.75 Å². The fraction of sp³-hybridized carbons (Fsp3) is 0.286. The third-order valence-electron chi connectivity index (χ3n) is 6.48. The van der Waals surface area contributed by atoms with Gasteiger partial charge in [-0.3, -0.25) is 14.7 Å². The highest BCUT2D eigenvalue weighted by Gasteiger charge is 2.49. The summed E-state index contributed by atoms with van der Waals surface area (Å²) < 4.78 is 20.5. The number of hydrogen-bond acceptors (Lipinski definition) is 4. The standard InChI is InChI=1S/C28H26ClFN4O2S/c1-17-7-8-19(16-32-17)21-10-9-20(15-22(21)30)36-14-6-13-33-27(37)34(26(35)28(33,3)4)24-12-11-23(31-5)25(29)18(24)2/h7-12,15-16H,6,13-14H2,1-4H3. The van der Waals surface area contributed by atoms with Crippen molar-refractivity contribution in [1.82, 2.24) is 9.88 Å². The van der Waals surface area contributed by atoms with Gasteiger partial charge in [-0.25, -0.2) is 9.24 Å². The Kier molecular flexibility index (Phi) is 7.49. The monoisotopic (exact) mass is 536 g/mol. The van der Waals surface area contributed by atoms with Crippen LogP contribution in [0.4, 0.5) is 15.8 Å². The Morgan fingerprint density at radius 1 is 1.19 bits per heavy atom. The van der Waals surface area contributed by atoms with Crippen LogP contribution in [-0.4, -0.2) is 39.6 Å². The van der Waals surface area contributed by atoms with Gasteiger partial charge < -0.3 is 9.64 Å². The van der Waals surface area contributed by atoms with Gasteiger partial charge in [0.1, 0.15) is 17.1 Å². The average Bonchev–Trinajstić information content (AvgIpc) is 3.03. The van der Waals surface area contributed by atoms with Crippen LogP contribution < -0.4 is 9.64 Å². The minimum Gasteiger partial charge on any atom is -0.493 e. The molecule has 1 aliphatic heterocycles.